The Hall–Kier alpha value is -3.59. The number of nitrogens with two attached hydrogens (primary N) is 2. The normalized spacial score (nSPS) is 15.3. The van der Waals surface area contributed by atoms with Crippen LogP contribution < -0.4 is 26.7 Å². The van der Waals surface area contributed by atoms with Crippen molar-refractivity contribution in [1.82, 2.24) is 19.4 Å². The van der Waals surface area contributed by atoms with Crippen LogP contribution >= 0.6 is 0 Å². The second-order valence-electron chi connectivity index (χ2n) is 8.04. The maximum absolute atomic E-state index is 12.7. The third kappa shape index (κ3) is 4.52. The van der Waals surface area contributed by atoms with E-state index in [1.54, 1.807) is 7.05 Å². The number of rotatable bonds is 6. The first-order chi connectivity index (χ1) is 15.5. The minimum Gasteiger partial charge on any atom is -0.477 e. The van der Waals surface area contributed by atoms with Crippen molar-refractivity contribution < 1.29 is 4.74 Å². The van der Waals surface area contributed by atoms with Gasteiger partial charge in [0.15, 0.2) is 0 Å². The third-order valence-corrected chi connectivity index (χ3v) is 5.74. The molecule has 0 aliphatic carbocycles. The molecule has 32 heavy (non-hydrogen) atoms. The van der Waals surface area contributed by atoms with Crippen molar-refractivity contribution in [3.8, 4) is 17.1 Å². The van der Waals surface area contributed by atoms with Gasteiger partial charge in [0.05, 0.1) is 24.1 Å². The molecule has 0 unspecified atom stereocenters. The molecule has 9 heteroatoms. The highest BCUT2D eigenvalue weighted by atomic mass is 16.5. The van der Waals surface area contributed by atoms with Crippen molar-refractivity contribution in [2.24, 2.45) is 18.5 Å². The van der Waals surface area contributed by atoms with Crippen LogP contribution in [0.5, 0.6) is 5.88 Å². The van der Waals surface area contributed by atoms with E-state index in [4.69, 9.17) is 16.2 Å². The summed E-state index contributed by atoms with van der Waals surface area (Å²) in [5.74, 6) is 0.249. The number of benzene rings is 1. The zero-order chi connectivity index (χ0) is 22.7. The summed E-state index contributed by atoms with van der Waals surface area (Å²) in [4.78, 5) is 26.5. The summed E-state index contributed by atoms with van der Waals surface area (Å²) in [5, 5.41) is 0.350. The van der Waals surface area contributed by atoms with Crippen LogP contribution in [0.4, 0.5) is 5.69 Å². The third-order valence-electron chi connectivity index (χ3n) is 5.74. The van der Waals surface area contributed by atoms with E-state index in [0.29, 0.717) is 28.7 Å². The Kier molecular flexibility index (Phi) is 6.27. The molecule has 1 saturated heterocycles. The number of anilines is 1. The molecule has 0 bridgehead atoms. The standard InChI is InChI=1S/C23H29N7O2/c1-28-8-10-30(11-9-28)18-5-3-16(4-6-18)19-13-20-21(23(31)29(2)15-26-20)22(27-19)32-12-7-17(25)14-24/h3-6,13-15H,7-12,24-25H2,1-2H3/b17-14-. The predicted octanol–water partition coefficient (Wildman–Crippen LogP) is 1.28. The van der Waals surface area contributed by atoms with Gasteiger partial charge in [-0.1, -0.05) is 12.1 Å². The number of likely N-dealkylation sites (N-methyl/N-ethyl adjacent to an activating group) is 1. The maximum atomic E-state index is 12.7. The summed E-state index contributed by atoms with van der Waals surface area (Å²) in [6.07, 6.45) is 3.28. The van der Waals surface area contributed by atoms with E-state index in [1.165, 1.54) is 22.8 Å². The number of ether oxygens (including phenoxy) is 1. The molecule has 1 aliphatic rings. The van der Waals surface area contributed by atoms with E-state index in [-0.39, 0.29) is 18.0 Å². The minimum atomic E-state index is -0.211. The molecule has 0 amide bonds. The summed E-state index contributed by atoms with van der Waals surface area (Å²) < 4.78 is 7.28. The van der Waals surface area contributed by atoms with Crippen molar-refractivity contribution in [2.75, 3.05) is 44.7 Å². The maximum Gasteiger partial charge on any atom is 0.266 e. The SMILES string of the molecule is CN1CCN(c2ccc(-c3cc4ncn(C)c(=O)c4c(OCC/C(N)=C/N)n3)cc2)CC1. The zero-order valence-electron chi connectivity index (χ0n) is 18.5. The fraction of sp³-hybridized carbons (Fsp3) is 0.348. The van der Waals surface area contributed by atoms with Gasteiger partial charge in [-0.05, 0) is 25.2 Å². The molecule has 0 saturated carbocycles. The number of aromatic nitrogens is 3. The number of pyridine rings is 1. The average Bonchev–Trinajstić information content (AvgIpc) is 2.81. The molecule has 1 fully saturated rings. The molecule has 3 heterocycles. The Balaban J connectivity index is 1.66. The van der Waals surface area contributed by atoms with Crippen molar-refractivity contribution in [3.05, 3.63) is 58.9 Å². The molecule has 9 nitrogen and oxygen atoms in total. The van der Waals surface area contributed by atoms with Gasteiger partial charge < -0.3 is 30.6 Å². The molecule has 2 aromatic heterocycles. The van der Waals surface area contributed by atoms with Crippen LogP contribution in [0.25, 0.3) is 22.2 Å². The van der Waals surface area contributed by atoms with E-state index < -0.39 is 0 Å². The van der Waals surface area contributed by atoms with E-state index in [0.717, 1.165) is 31.7 Å². The molecule has 0 atom stereocenters. The number of fused-ring (bicyclic) bond motifs is 1. The zero-order valence-corrected chi connectivity index (χ0v) is 18.5. The summed E-state index contributed by atoms with van der Waals surface area (Å²) in [6, 6.07) is 10.1. The molecule has 3 aromatic rings. The molecule has 0 radical (unpaired) electrons. The lowest BCUT2D eigenvalue weighted by Gasteiger charge is -2.34. The first kappa shape index (κ1) is 21.6. The van der Waals surface area contributed by atoms with Gasteiger partial charge in [-0.3, -0.25) is 4.79 Å². The van der Waals surface area contributed by atoms with E-state index in [1.807, 2.05) is 18.2 Å². The number of hydrogen-bond acceptors (Lipinski definition) is 8. The lowest BCUT2D eigenvalue weighted by molar-refractivity contribution is 0.312. The van der Waals surface area contributed by atoms with Gasteiger partial charge in [0.2, 0.25) is 5.88 Å². The monoisotopic (exact) mass is 435 g/mol. The van der Waals surface area contributed by atoms with Crippen LogP contribution in [0.3, 0.4) is 0 Å². The number of nitrogens with zero attached hydrogens (tertiary/aromatic N) is 5. The van der Waals surface area contributed by atoms with Crippen molar-refractivity contribution >= 4 is 16.6 Å². The summed E-state index contributed by atoms with van der Waals surface area (Å²) in [5.41, 5.74) is 14.8. The van der Waals surface area contributed by atoms with Gasteiger partial charge in [-0.25, -0.2) is 9.97 Å². The van der Waals surface area contributed by atoms with Crippen LogP contribution in [0.2, 0.25) is 0 Å². The van der Waals surface area contributed by atoms with Gasteiger partial charge in [0.1, 0.15) is 5.39 Å². The lowest BCUT2D eigenvalue weighted by atomic mass is 10.1. The van der Waals surface area contributed by atoms with E-state index in [9.17, 15) is 4.79 Å². The van der Waals surface area contributed by atoms with Crippen LogP contribution in [0.1, 0.15) is 6.42 Å². The number of aryl methyl sites for hydroxylation is 1. The van der Waals surface area contributed by atoms with Gasteiger partial charge in [0.25, 0.3) is 5.56 Å². The molecule has 0 spiro atoms. The first-order valence-electron chi connectivity index (χ1n) is 10.7. The summed E-state index contributed by atoms with van der Waals surface area (Å²) >= 11 is 0. The Morgan fingerprint density at radius 1 is 1.16 bits per heavy atom. The first-order valence-corrected chi connectivity index (χ1v) is 10.7. The summed E-state index contributed by atoms with van der Waals surface area (Å²) in [6.45, 7) is 4.38. The molecule has 4 N–H and O–H groups in total. The van der Waals surface area contributed by atoms with Gasteiger partial charge >= 0.3 is 0 Å². The van der Waals surface area contributed by atoms with Gasteiger partial charge in [-0.2, -0.15) is 0 Å². The summed E-state index contributed by atoms with van der Waals surface area (Å²) in [7, 11) is 3.80. The van der Waals surface area contributed by atoms with Crippen molar-refractivity contribution in [2.45, 2.75) is 6.42 Å². The van der Waals surface area contributed by atoms with Crippen LogP contribution in [-0.2, 0) is 7.05 Å². The Bertz CT molecular complexity index is 1180. The molecular weight excluding hydrogens is 406 g/mol. The second kappa shape index (κ2) is 9.27. The molecule has 168 valence electrons. The molecular formula is C23H29N7O2. The van der Waals surface area contributed by atoms with Gasteiger partial charge in [0, 0.05) is 62.8 Å². The highest BCUT2D eigenvalue weighted by molar-refractivity contribution is 5.86. The topological polar surface area (TPSA) is 116 Å². The van der Waals surface area contributed by atoms with E-state index >= 15 is 0 Å². The molecule has 1 aromatic carbocycles. The molecule has 4 rings (SSSR count). The quantitative estimate of drug-likeness (QED) is 0.595. The minimum absolute atomic E-state index is 0.211. The largest absolute Gasteiger partial charge is 0.477 e. The van der Waals surface area contributed by atoms with Crippen molar-refractivity contribution in [3.63, 3.8) is 0 Å². The Morgan fingerprint density at radius 3 is 2.56 bits per heavy atom. The Morgan fingerprint density at radius 2 is 1.88 bits per heavy atom. The predicted molar refractivity (Wildman–Crippen MR) is 126 cm³/mol. The van der Waals surface area contributed by atoms with E-state index in [2.05, 4.69) is 38.9 Å². The van der Waals surface area contributed by atoms with Crippen LogP contribution in [0.15, 0.2) is 53.4 Å². The average molecular weight is 436 g/mol. The van der Waals surface area contributed by atoms with Crippen molar-refractivity contribution in [1.29, 1.82) is 0 Å². The highest BCUT2D eigenvalue weighted by Gasteiger charge is 2.16. The number of piperazine rings is 1. The lowest BCUT2D eigenvalue weighted by Crippen LogP contribution is -2.44. The fourth-order valence-electron chi connectivity index (χ4n) is 3.70. The smallest absolute Gasteiger partial charge is 0.266 e. The Labute approximate surface area is 186 Å². The highest BCUT2D eigenvalue weighted by Crippen LogP contribution is 2.28. The van der Waals surface area contributed by atoms with Gasteiger partial charge in [-0.15, -0.1) is 0 Å². The second-order valence-corrected chi connectivity index (χ2v) is 8.04. The number of hydrogen-bond donors (Lipinski definition) is 2. The van der Waals surface area contributed by atoms with Crippen LogP contribution in [-0.4, -0.2) is 59.3 Å². The molecule has 1 aliphatic heterocycles. The van der Waals surface area contributed by atoms with Crippen LogP contribution in [0, 0.1) is 0 Å². The fourth-order valence-corrected chi connectivity index (χ4v) is 3.70.